The minimum atomic E-state index is -1.46. The molecule has 2 aromatic rings. The SMILES string of the molecule is C#Cc1ccccc1C(C(=O)NC(Cc1ccccc1)C(=O)OC(C)(C)C)N(CC#N)C(=O)C(CS)NC(=O)OC(C)(C)C. The van der Waals surface area contributed by atoms with Crippen LogP contribution in [0.3, 0.4) is 0 Å². The van der Waals surface area contributed by atoms with Crippen LogP contribution in [0, 0.1) is 23.7 Å². The van der Waals surface area contributed by atoms with Crippen LogP contribution in [-0.4, -0.2) is 64.4 Å². The van der Waals surface area contributed by atoms with Crippen molar-refractivity contribution in [3.05, 3.63) is 71.3 Å². The molecular weight excluding hydrogens is 580 g/mol. The van der Waals surface area contributed by atoms with Gasteiger partial charge in [-0.05, 0) is 58.7 Å². The first-order chi connectivity index (χ1) is 20.6. The Bertz CT molecular complexity index is 1400. The number of benzene rings is 2. The van der Waals surface area contributed by atoms with Crippen molar-refractivity contribution in [2.24, 2.45) is 0 Å². The predicted molar refractivity (Wildman–Crippen MR) is 169 cm³/mol. The Labute approximate surface area is 264 Å². The zero-order valence-corrected chi connectivity index (χ0v) is 26.8. The smallest absolute Gasteiger partial charge is 0.408 e. The average Bonchev–Trinajstić information content (AvgIpc) is 2.94. The molecular formula is C33H40N4O6S. The summed E-state index contributed by atoms with van der Waals surface area (Å²) in [5.41, 5.74) is -0.394. The molecule has 3 atom stereocenters. The van der Waals surface area contributed by atoms with Crippen molar-refractivity contribution < 1.29 is 28.7 Å². The number of ether oxygens (including phenoxy) is 2. The van der Waals surface area contributed by atoms with E-state index < -0.39 is 59.7 Å². The van der Waals surface area contributed by atoms with E-state index in [0.29, 0.717) is 5.56 Å². The van der Waals surface area contributed by atoms with Crippen LogP contribution in [0.4, 0.5) is 4.79 Å². The van der Waals surface area contributed by atoms with E-state index in [0.717, 1.165) is 10.5 Å². The van der Waals surface area contributed by atoms with E-state index in [-0.39, 0.29) is 17.7 Å². The van der Waals surface area contributed by atoms with Crippen LogP contribution < -0.4 is 10.6 Å². The quantitative estimate of drug-likeness (QED) is 0.150. The number of hydrogen-bond donors (Lipinski definition) is 3. The molecule has 0 aliphatic rings. The van der Waals surface area contributed by atoms with Gasteiger partial charge in [0.15, 0.2) is 0 Å². The number of carbonyl (C=O) groups is 4. The lowest BCUT2D eigenvalue weighted by atomic mass is 9.96. The molecule has 0 bridgehead atoms. The summed E-state index contributed by atoms with van der Waals surface area (Å²) in [7, 11) is 0. The van der Waals surface area contributed by atoms with Crippen molar-refractivity contribution in [3.63, 3.8) is 0 Å². The third kappa shape index (κ3) is 11.0. The molecule has 10 nitrogen and oxygen atoms in total. The van der Waals surface area contributed by atoms with Crippen molar-refractivity contribution in [2.75, 3.05) is 12.3 Å². The first kappa shape index (κ1) is 35.7. The molecule has 2 aromatic carbocycles. The Morgan fingerprint density at radius 1 is 0.909 bits per heavy atom. The molecule has 0 spiro atoms. The summed E-state index contributed by atoms with van der Waals surface area (Å²) in [5.74, 6) is 0.106. The van der Waals surface area contributed by atoms with E-state index >= 15 is 0 Å². The van der Waals surface area contributed by atoms with Gasteiger partial charge in [0.25, 0.3) is 0 Å². The third-order valence-electron chi connectivity index (χ3n) is 5.96. The fourth-order valence-corrected chi connectivity index (χ4v) is 4.44. The molecule has 44 heavy (non-hydrogen) atoms. The Kier molecular flexibility index (Phi) is 12.9. The number of nitriles is 1. The van der Waals surface area contributed by atoms with Gasteiger partial charge in [-0.25, -0.2) is 9.59 Å². The zero-order chi connectivity index (χ0) is 33.1. The highest BCUT2D eigenvalue weighted by Crippen LogP contribution is 2.26. The van der Waals surface area contributed by atoms with E-state index in [9.17, 15) is 24.4 Å². The molecule has 11 heteroatoms. The summed E-state index contributed by atoms with van der Waals surface area (Å²) in [6.07, 6.45) is 4.98. The monoisotopic (exact) mass is 620 g/mol. The third-order valence-corrected chi connectivity index (χ3v) is 6.32. The standard InChI is InChI=1S/C33H40N4O6S/c1-8-23-16-12-13-17-24(23)27(37(19-18-34)29(39)26(21-44)36-31(41)43-33(5,6)7)28(38)35-25(30(40)42-32(2,3)4)20-22-14-10-9-11-15-22/h1,9-17,25-27,44H,19-21H2,2-7H3,(H,35,38)(H,36,41). The molecule has 0 radical (unpaired) electrons. The second-order valence-electron chi connectivity index (χ2n) is 11.9. The van der Waals surface area contributed by atoms with Crippen LogP contribution in [0.15, 0.2) is 54.6 Å². The molecule has 0 saturated carbocycles. The van der Waals surface area contributed by atoms with Crippen LogP contribution in [0.2, 0.25) is 0 Å². The van der Waals surface area contributed by atoms with E-state index in [4.69, 9.17) is 15.9 Å². The fraction of sp³-hybridized carbons (Fsp3) is 0.424. The lowest BCUT2D eigenvalue weighted by Gasteiger charge is -2.34. The molecule has 0 heterocycles. The number of rotatable bonds is 11. The normalized spacial score (nSPS) is 13.2. The lowest BCUT2D eigenvalue weighted by molar-refractivity contribution is -0.159. The lowest BCUT2D eigenvalue weighted by Crippen LogP contribution is -2.55. The molecule has 0 saturated heterocycles. The molecule has 0 aliphatic carbocycles. The van der Waals surface area contributed by atoms with E-state index in [2.05, 4.69) is 29.2 Å². The van der Waals surface area contributed by atoms with Gasteiger partial charge in [-0.1, -0.05) is 54.5 Å². The van der Waals surface area contributed by atoms with E-state index in [1.54, 1.807) is 90.1 Å². The number of terminal acetylenes is 1. The number of alkyl carbamates (subject to hydrolysis) is 1. The number of esters is 1. The maximum atomic E-state index is 14.2. The molecule has 0 aliphatic heterocycles. The largest absolute Gasteiger partial charge is 0.458 e. The second kappa shape index (κ2) is 15.8. The molecule has 2 N–H and O–H groups in total. The number of nitrogens with one attached hydrogen (secondary N) is 2. The van der Waals surface area contributed by atoms with Crippen LogP contribution >= 0.6 is 12.6 Å². The van der Waals surface area contributed by atoms with Crippen LogP contribution in [0.1, 0.15) is 64.3 Å². The summed E-state index contributed by atoms with van der Waals surface area (Å²) in [4.78, 5) is 55.0. The first-order valence-corrected chi connectivity index (χ1v) is 14.6. The summed E-state index contributed by atoms with van der Waals surface area (Å²) in [6.45, 7) is 9.58. The van der Waals surface area contributed by atoms with Crippen LogP contribution in [0.25, 0.3) is 0 Å². The van der Waals surface area contributed by atoms with Gasteiger partial charge in [0, 0.05) is 17.7 Å². The number of thiol groups is 1. The minimum absolute atomic E-state index is 0.0939. The highest BCUT2D eigenvalue weighted by atomic mass is 32.1. The molecule has 234 valence electrons. The predicted octanol–water partition coefficient (Wildman–Crippen LogP) is 3.95. The van der Waals surface area contributed by atoms with Crippen molar-refractivity contribution in [3.8, 4) is 18.4 Å². The summed E-state index contributed by atoms with van der Waals surface area (Å²) >= 11 is 4.23. The van der Waals surface area contributed by atoms with Gasteiger partial charge < -0.3 is 25.0 Å². The summed E-state index contributed by atoms with van der Waals surface area (Å²) < 4.78 is 10.9. The average molecular weight is 621 g/mol. The number of carbonyl (C=O) groups excluding carboxylic acids is 4. The van der Waals surface area contributed by atoms with Crippen molar-refractivity contribution >= 4 is 36.5 Å². The summed E-state index contributed by atoms with van der Waals surface area (Å²) in [6, 6.07) is 13.6. The zero-order valence-electron chi connectivity index (χ0n) is 25.9. The topological polar surface area (TPSA) is 138 Å². The minimum Gasteiger partial charge on any atom is -0.458 e. The van der Waals surface area contributed by atoms with Crippen molar-refractivity contribution in [1.82, 2.24) is 15.5 Å². The van der Waals surface area contributed by atoms with Gasteiger partial charge in [0.05, 0.1) is 6.07 Å². The van der Waals surface area contributed by atoms with Crippen molar-refractivity contribution in [1.29, 1.82) is 5.26 Å². The first-order valence-electron chi connectivity index (χ1n) is 14.0. The number of nitrogens with zero attached hydrogens (tertiary/aromatic N) is 2. The second-order valence-corrected chi connectivity index (χ2v) is 12.3. The highest BCUT2D eigenvalue weighted by molar-refractivity contribution is 7.80. The van der Waals surface area contributed by atoms with Gasteiger partial charge in [-0.3, -0.25) is 9.59 Å². The maximum Gasteiger partial charge on any atom is 0.408 e. The molecule has 2 rings (SSSR count). The maximum absolute atomic E-state index is 14.2. The Hall–Kier alpha value is -4.48. The van der Waals surface area contributed by atoms with Gasteiger partial charge in [0.2, 0.25) is 11.8 Å². The Balaban J connectivity index is 2.59. The van der Waals surface area contributed by atoms with E-state index in [1.807, 2.05) is 12.1 Å². The van der Waals surface area contributed by atoms with E-state index in [1.165, 1.54) is 0 Å². The summed E-state index contributed by atoms with van der Waals surface area (Å²) in [5, 5.41) is 15.0. The Morgan fingerprint density at radius 2 is 1.50 bits per heavy atom. The van der Waals surface area contributed by atoms with Crippen LogP contribution in [0.5, 0.6) is 0 Å². The molecule has 3 unspecified atom stereocenters. The van der Waals surface area contributed by atoms with Gasteiger partial charge in [0.1, 0.15) is 35.9 Å². The molecule has 3 amide bonds. The van der Waals surface area contributed by atoms with Gasteiger partial charge >= 0.3 is 12.1 Å². The molecule has 0 fully saturated rings. The van der Waals surface area contributed by atoms with Gasteiger partial charge in [-0.2, -0.15) is 17.9 Å². The number of hydrogen-bond acceptors (Lipinski definition) is 8. The Morgan fingerprint density at radius 3 is 2.05 bits per heavy atom. The van der Waals surface area contributed by atoms with Crippen molar-refractivity contribution in [2.45, 2.75) is 77.3 Å². The van der Waals surface area contributed by atoms with Crippen LogP contribution in [-0.2, 0) is 30.3 Å². The molecule has 0 aromatic heterocycles. The number of amides is 3. The fourth-order valence-electron chi connectivity index (χ4n) is 4.19. The highest BCUT2D eigenvalue weighted by Gasteiger charge is 2.39. The van der Waals surface area contributed by atoms with Gasteiger partial charge in [-0.15, -0.1) is 6.42 Å².